The lowest BCUT2D eigenvalue weighted by atomic mass is 10.2. The number of hydrogen-bond donors (Lipinski definition) is 1. The molecule has 0 aliphatic carbocycles. The molecule has 23 heavy (non-hydrogen) atoms. The van der Waals surface area contributed by atoms with Crippen LogP contribution >= 0.6 is 15.9 Å². The highest BCUT2D eigenvalue weighted by Gasteiger charge is 2.33. The first kappa shape index (κ1) is 17.7. The second-order valence-corrected chi connectivity index (χ2v) is 7.38. The minimum atomic E-state index is -4.58. The number of nitrogens with one attached hydrogen (secondary N) is 1. The van der Waals surface area contributed by atoms with Crippen LogP contribution in [0.4, 0.5) is 18.9 Å². The van der Waals surface area contributed by atoms with Gasteiger partial charge in [-0.05, 0) is 30.3 Å². The van der Waals surface area contributed by atoms with Crippen LogP contribution in [0.2, 0.25) is 0 Å². The fourth-order valence-corrected chi connectivity index (χ4v) is 3.36. The molecule has 0 unspecified atom stereocenters. The van der Waals surface area contributed by atoms with Crippen LogP contribution in [-0.2, 0) is 22.6 Å². The van der Waals surface area contributed by atoms with E-state index in [4.69, 9.17) is 0 Å². The predicted octanol–water partition coefficient (Wildman–Crippen LogP) is 3.85. The minimum Gasteiger partial charge on any atom is -0.284 e. The van der Waals surface area contributed by atoms with Crippen molar-refractivity contribution in [2.24, 2.45) is 0 Å². The topological polar surface area (TPSA) is 59.1 Å². The Balaban J connectivity index is 2.11. The molecule has 0 amide bonds. The van der Waals surface area contributed by atoms with E-state index in [1.807, 2.05) is 0 Å². The molecule has 1 aromatic carbocycles. The number of alkyl halides is 3. The lowest BCUT2D eigenvalue weighted by Gasteiger charge is -2.13. The van der Waals surface area contributed by atoms with Crippen LogP contribution in [0.15, 0.2) is 47.1 Å². The summed E-state index contributed by atoms with van der Waals surface area (Å²) in [5.41, 5.74) is -0.492. The molecule has 2 aromatic rings. The van der Waals surface area contributed by atoms with E-state index in [2.05, 4.69) is 25.6 Å². The molecule has 0 fully saturated rings. The number of nitrogens with zero attached hydrogens (tertiary/aromatic N) is 1. The van der Waals surface area contributed by atoms with Crippen LogP contribution in [0.25, 0.3) is 0 Å². The fourth-order valence-electron chi connectivity index (χ4n) is 1.82. The predicted molar refractivity (Wildman–Crippen MR) is 84.5 cm³/mol. The smallest absolute Gasteiger partial charge is 0.284 e. The van der Waals surface area contributed by atoms with Crippen LogP contribution in [0.5, 0.6) is 0 Å². The van der Waals surface area contributed by atoms with E-state index in [9.17, 15) is 21.6 Å². The van der Waals surface area contributed by atoms with Gasteiger partial charge in [-0.15, -0.1) is 0 Å². The van der Waals surface area contributed by atoms with Crippen LogP contribution in [0.1, 0.15) is 11.3 Å². The summed E-state index contributed by atoms with van der Waals surface area (Å²) in [5.74, 6) is -0.276. The summed E-state index contributed by atoms with van der Waals surface area (Å²) < 4.78 is 64.4. The van der Waals surface area contributed by atoms with Crippen LogP contribution < -0.4 is 4.72 Å². The first-order valence-corrected chi connectivity index (χ1v) is 8.89. The van der Waals surface area contributed by atoms with E-state index in [1.54, 1.807) is 24.4 Å². The molecule has 0 saturated carbocycles. The summed E-state index contributed by atoms with van der Waals surface area (Å²) in [7, 11) is -3.78. The Morgan fingerprint density at radius 1 is 1.17 bits per heavy atom. The number of hydrogen-bond acceptors (Lipinski definition) is 3. The Morgan fingerprint density at radius 3 is 2.52 bits per heavy atom. The van der Waals surface area contributed by atoms with Crippen LogP contribution in [-0.4, -0.2) is 19.2 Å². The Bertz CT molecular complexity index is 780. The molecule has 0 spiro atoms. The van der Waals surface area contributed by atoms with E-state index in [-0.39, 0.29) is 22.3 Å². The second kappa shape index (κ2) is 6.88. The van der Waals surface area contributed by atoms with Gasteiger partial charge in [0.15, 0.2) is 0 Å². The minimum absolute atomic E-state index is 0.137. The molecule has 0 atom stereocenters. The van der Waals surface area contributed by atoms with Gasteiger partial charge in [0, 0.05) is 28.5 Å². The Kier molecular flexibility index (Phi) is 5.30. The van der Waals surface area contributed by atoms with Gasteiger partial charge in [0.05, 0.1) is 11.3 Å². The zero-order chi connectivity index (χ0) is 17.1. The number of anilines is 1. The van der Waals surface area contributed by atoms with Crippen LogP contribution in [0, 0.1) is 0 Å². The van der Waals surface area contributed by atoms with Gasteiger partial charge in [0.1, 0.15) is 0 Å². The molecule has 4 nitrogen and oxygen atoms in total. The fraction of sp³-hybridized carbons (Fsp3) is 0.214. The Labute approximate surface area is 139 Å². The molecule has 124 valence electrons. The normalized spacial score (nSPS) is 12.2. The molecule has 0 aliphatic heterocycles. The number of halogens is 4. The summed E-state index contributed by atoms with van der Waals surface area (Å²) in [6.07, 6.45) is -2.87. The van der Waals surface area contributed by atoms with Crippen molar-refractivity contribution in [2.45, 2.75) is 12.6 Å². The zero-order valence-corrected chi connectivity index (χ0v) is 14.0. The average molecular weight is 409 g/mol. The number of rotatable bonds is 5. The van der Waals surface area contributed by atoms with E-state index in [0.717, 1.165) is 12.1 Å². The van der Waals surface area contributed by atoms with E-state index in [1.165, 1.54) is 6.07 Å². The van der Waals surface area contributed by atoms with Gasteiger partial charge < -0.3 is 0 Å². The third-order valence-corrected chi connectivity index (χ3v) is 4.88. The van der Waals surface area contributed by atoms with E-state index in [0.29, 0.717) is 5.69 Å². The van der Waals surface area contributed by atoms with Crippen molar-refractivity contribution in [3.05, 3.63) is 58.3 Å². The molecular weight excluding hydrogens is 397 g/mol. The van der Waals surface area contributed by atoms with Gasteiger partial charge in [0.25, 0.3) is 0 Å². The van der Waals surface area contributed by atoms with Crippen molar-refractivity contribution < 1.29 is 21.6 Å². The average Bonchev–Trinajstić information content (AvgIpc) is 2.47. The van der Waals surface area contributed by atoms with Gasteiger partial charge in [-0.3, -0.25) is 9.71 Å². The van der Waals surface area contributed by atoms with Gasteiger partial charge in [0.2, 0.25) is 10.0 Å². The molecule has 0 aliphatic rings. The molecule has 1 heterocycles. The van der Waals surface area contributed by atoms with Gasteiger partial charge >= 0.3 is 6.18 Å². The maximum Gasteiger partial charge on any atom is 0.417 e. The highest BCUT2D eigenvalue weighted by Crippen LogP contribution is 2.36. The van der Waals surface area contributed by atoms with Crippen molar-refractivity contribution >= 4 is 31.6 Å². The lowest BCUT2D eigenvalue weighted by molar-refractivity contribution is -0.138. The van der Waals surface area contributed by atoms with Crippen molar-refractivity contribution in [2.75, 3.05) is 10.5 Å². The zero-order valence-electron chi connectivity index (χ0n) is 11.6. The molecule has 2 rings (SSSR count). The largest absolute Gasteiger partial charge is 0.417 e. The third-order valence-electron chi connectivity index (χ3n) is 2.90. The summed E-state index contributed by atoms with van der Waals surface area (Å²) >= 11 is 2.80. The quantitative estimate of drug-likeness (QED) is 0.817. The third kappa shape index (κ3) is 5.21. The molecule has 1 N–H and O–H groups in total. The Morgan fingerprint density at radius 2 is 1.91 bits per heavy atom. The maximum absolute atomic E-state index is 12.8. The Hall–Kier alpha value is -1.61. The molecule has 9 heteroatoms. The number of aromatic nitrogens is 1. The number of aryl methyl sites for hydroxylation is 1. The standard InChI is InChI=1S/C14H12BrF3N2O2S/c15-13-5-4-11(9-12(13)14(16,17)18)20-23(21,22)8-6-10-3-1-2-7-19-10/h1-5,7,9,20H,6,8H2. The highest BCUT2D eigenvalue weighted by atomic mass is 79.9. The van der Waals surface area contributed by atoms with Gasteiger partial charge in [-0.25, -0.2) is 8.42 Å². The monoisotopic (exact) mass is 408 g/mol. The molecule has 0 bridgehead atoms. The highest BCUT2D eigenvalue weighted by molar-refractivity contribution is 9.10. The maximum atomic E-state index is 12.8. The summed E-state index contributed by atoms with van der Waals surface area (Å²) in [6, 6.07) is 8.28. The second-order valence-electron chi connectivity index (χ2n) is 4.68. The first-order chi connectivity index (χ1) is 10.7. The molecule has 1 aromatic heterocycles. The number of benzene rings is 1. The van der Waals surface area contributed by atoms with Crippen molar-refractivity contribution in [1.29, 1.82) is 0 Å². The van der Waals surface area contributed by atoms with Gasteiger partial charge in [-0.1, -0.05) is 22.0 Å². The summed E-state index contributed by atoms with van der Waals surface area (Å²) in [6.45, 7) is 0. The van der Waals surface area contributed by atoms with Crippen LogP contribution in [0.3, 0.4) is 0 Å². The summed E-state index contributed by atoms with van der Waals surface area (Å²) in [5, 5.41) is 0. The van der Waals surface area contributed by atoms with E-state index >= 15 is 0 Å². The number of pyridine rings is 1. The molecular formula is C14H12BrF3N2O2S. The molecule has 0 radical (unpaired) electrons. The van der Waals surface area contributed by atoms with Crippen molar-refractivity contribution in [1.82, 2.24) is 4.98 Å². The molecule has 0 saturated heterocycles. The van der Waals surface area contributed by atoms with Crippen molar-refractivity contribution in [3.8, 4) is 0 Å². The van der Waals surface area contributed by atoms with E-state index < -0.39 is 21.8 Å². The summed E-state index contributed by atoms with van der Waals surface area (Å²) in [4.78, 5) is 4.00. The van der Waals surface area contributed by atoms with Gasteiger partial charge in [-0.2, -0.15) is 13.2 Å². The SMILES string of the molecule is O=S(=O)(CCc1ccccn1)Nc1ccc(Br)c(C(F)(F)F)c1. The lowest BCUT2D eigenvalue weighted by Crippen LogP contribution is -2.19. The van der Waals surface area contributed by atoms with Crippen molar-refractivity contribution in [3.63, 3.8) is 0 Å². The number of sulfonamides is 1. The first-order valence-electron chi connectivity index (χ1n) is 6.44.